The van der Waals surface area contributed by atoms with Crippen molar-refractivity contribution in [2.24, 2.45) is 5.73 Å². The van der Waals surface area contributed by atoms with Gasteiger partial charge in [-0.3, -0.25) is 0 Å². The summed E-state index contributed by atoms with van der Waals surface area (Å²) in [7, 11) is 1.70. The third-order valence-corrected chi connectivity index (χ3v) is 3.83. The summed E-state index contributed by atoms with van der Waals surface area (Å²) in [4.78, 5) is 0. The predicted molar refractivity (Wildman–Crippen MR) is 87.2 cm³/mol. The first-order valence-corrected chi connectivity index (χ1v) is 7.45. The van der Waals surface area contributed by atoms with Gasteiger partial charge in [-0.2, -0.15) is 0 Å². The van der Waals surface area contributed by atoms with Gasteiger partial charge in [-0.05, 0) is 55.2 Å². The molecule has 0 aliphatic heterocycles. The zero-order chi connectivity index (χ0) is 14.7. The quantitative estimate of drug-likeness (QED) is 0.904. The Balaban J connectivity index is 2.27. The molecule has 0 heterocycles. The van der Waals surface area contributed by atoms with Crippen LogP contribution >= 0.6 is 15.9 Å². The number of ether oxygens (including phenoxy) is 1. The lowest BCUT2D eigenvalue weighted by Crippen LogP contribution is -2.14. The van der Waals surface area contributed by atoms with Crippen LogP contribution in [0.1, 0.15) is 28.3 Å². The highest BCUT2D eigenvalue weighted by Crippen LogP contribution is 2.27. The van der Waals surface area contributed by atoms with Crippen LogP contribution in [0.5, 0.6) is 5.75 Å². The van der Waals surface area contributed by atoms with Gasteiger partial charge in [0.15, 0.2) is 0 Å². The van der Waals surface area contributed by atoms with Crippen LogP contribution in [0, 0.1) is 13.8 Å². The van der Waals surface area contributed by atoms with Crippen molar-refractivity contribution in [3.05, 3.63) is 63.1 Å². The van der Waals surface area contributed by atoms with E-state index in [1.54, 1.807) is 7.11 Å². The van der Waals surface area contributed by atoms with E-state index in [9.17, 15) is 0 Å². The fourth-order valence-corrected chi connectivity index (χ4v) is 3.03. The number of benzene rings is 2. The highest BCUT2D eigenvalue weighted by Gasteiger charge is 2.12. The van der Waals surface area contributed by atoms with Gasteiger partial charge in [0.25, 0.3) is 0 Å². The van der Waals surface area contributed by atoms with Crippen molar-refractivity contribution in [3.8, 4) is 5.75 Å². The molecule has 0 aliphatic rings. The standard InChI is InChI=1S/C17H20BrNO/c1-11-4-5-17(20-3)14(6-11)10-16(19)13-7-12(2)8-15(18)9-13/h4-9,16H,10,19H2,1-3H3. The maximum atomic E-state index is 6.36. The largest absolute Gasteiger partial charge is 0.496 e. The molecule has 0 bridgehead atoms. The van der Waals surface area contributed by atoms with Gasteiger partial charge in [0.05, 0.1) is 7.11 Å². The van der Waals surface area contributed by atoms with E-state index in [2.05, 4.69) is 60.1 Å². The summed E-state index contributed by atoms with van der Waals surface area (Å²) in [5.41, 5.74) is 11.1. The van der Waals surface area contributed by atoms with Crippen molar-refractivity contribution in [1.29, 1.82) is 0 Å². The molecule has 0 saturated heterocycles. The van der Waals surface area contributed by atoms with E-state index in [-0.39, 0.29) is 6.04 Å². The smallest absolute Gasteiger partial charge is 0.122 e. The molecule has 0 amide bonds. The first-order valence-electron chi connectivity index (χ1n) is 6.66. The van der Waals surface area contributed by atoms with Gasteiger partial charge in [0.2, 0.25) is 0 Å². The second-order valence-electron chi connectivity index (χ2n) is 5.19. The van der Waals surface area contributed by atoms with E-state index in [0.29, 0.717) is 0 Å². The maximum absolute atomic E-state index is 6.36. The second-order valence-corrected chi connectivity index (χ2v) is 6.10. The predicted octanol–water partition coefficient (Wildman–Crippen LogP) is 4.32. The number of halogens is 1. The number of hydrogen-bond donors (Lipinski definition) is 1. The van der Waals surface area contributed by atoms with Crippen molar-refractivity contribution < 1.29 is 4.74 Å². The first kappa shape index (κ1) is 15.1. The summed E-state index contributed by atoms with van der Waals surface area (Å²) in [6.45, 7) is 4.16. The van der Waals surface area contributed by atoms with Gasteiger partial charge in [0.1, 0.15) is 5.75 Å². The van der Waals surface area contributed by atoms with Crippen molar-refractivity contribution in [3.63, 3.8) is 0 Å². The molecule has 2 N–H and O–H groups in total. The molecule has 0 spiro atoms. The molecule has 0 saturated carbocycles. The Morgan fingerprint density at radius 3 is 2.50 bits per heavy atom. The van der Waals surface area contributed by atoms with Crippen LogP contribution in [0.15, 0.2) is 40.9 Å². The molecule has 0 aromatic heterocycles. The lowest BCUT2D eigenvalue weighted by Gasteiger charge is -2.16. The van der Waals surface area contributed by atoms with E-state index in [0.717, 1.165) is 27.8 Å². The summed E-state index contributed by atoms with van der Waals surface area (Å²) in [6, 6.07) is 12.5. The third-order valence-electron chi connectivity index (χ3n) is 3.37. The normalized spacial score (nSPS) is 12.2. The van der Waals surface area contributed by atoms with Gasteiger partial charge in [-0.1, -0.05) is 39.7 Å². The van der Waals surface area contributed by atoms with Crippen LogP contribution in [0.25, 0.3) is 0 Å². The Labute approximate surface area is 129 Å². The monoisotopic (exact) mass is 333 g/mol. The Morgan fingerprint density at radius 2 is 1.85 bits per heavy atom. The maximum Gasteiger partial charge on any atom is 0.122 e. The molecule has 0 fully saturated rings. The van der Waals surface area contributed by atoms with Crippen LogP contribution in [-0.2, 0) is 6.42 Å². The van der Waals surface area contributed by atoms with E-state index < -0.39 is 0 Å². The fourth-order valence-electron chi connectivity index (χ4n) is 2.40. The van der Waals surface area contributed by atoms with E-state index in [4.69, 9.17) is 10.5 Å². The summed E-state index contributed by atoms with van der Waals surface area (Å²) in [5.74, 6) is 0.901. The summed E-state index contributed by atoms with van der Waals surface area (Å²) in [6.07, 6.45) is 0.765. The van der Waals surface area contributed by atoms with Crippen molar-refractivity contribution in [2.75, 3.05) is 7.11 Å². The van der Waals surface area contributed by atoms with E-state index in [1.807, 2.05) is 6.07 Å². The van der Waals surface area contributed by atoms with Crippen LogP contribution < -0.4 is 10.5 Å². The average molecular weight is 334 g/mol. The van der Waals surface area contributed by atoms with Crippen LogP contribution in [0.3, 0.4) is 0 Å². The topological polar surface area (TPSA) is 35.2 Å². The number of aryl methyl sites for hydroxylation is 2. The first-order chi connectivity index (χ1) is 9.49. The van der Waals surface area contributed by atoms with Crippen LogP contribution in [0.2, 0.25) is 0 Å². The number of methoxy groups -OCH3 is 1. The summed E-state index contributed by atoms with van der Waals surface area (Å²) < 4.78 is 6.49. The Bertz CT molecular complexity index is 590. The number of rotatable bonds is 4. The SMILES string of the molecule is COc1ccc(C)cc1CC(N)c1cc(C)cc(Br)c1. The molecule has 2 aromatic rings. The molecule has 0 radical (unpaired) electrons. The number of hydrogen-bond acceptors (Lipinski definition) is 2. The molecule has 1 unspecified atom stereocenters. The van der Waals surface area contributed by atoms with Gasteiger partial charge in [-0.15, -0.1) is 0 Å². The zero-order valence-corrected chi connectivity index (χ0v) is 13.7. The van der Waals surface area contributed by atoms with Gasteiger partial charge >= 0.3 is 0 Å². The third kappa shape index (κ3) is 3.62. The molecular weight excluding hydrogens is 314 g/mol. The fraction of sp³-hybridized carbons (Fsp3) is 0.294. The average Bonchev–Trinajstić information content (AvgIpc) is 2.37. The van der Waals surface area contributed by atoms with Crippen molar-refractivity contribution >= 4 is 15.9 Å². The minimum Gasteiger partial charge on any atom is -0.496 e. The Morgan fingerprint density at radius 1 is 1.10 bits per heavy atom. The molecule has 0 aliphatic carbocycles. The molecule has 2 nitrogen and oxygen atoms in total. The molecule has 2 aromatic carbocycles. The summed E-state index contributed by atoms with van der Waals surface area (Å²) in [5, 5.41) is 0. The minimum absolute atomic E-state index is 0.0399. The highest BCUT2D eigenvalue weighted by atomic mass is 79.9. The lowest BCUT2D eigenvalue weighted by atomic mass is 9.97. The second kappa shape index (κ2) is 6.42. The van der Waals surface area contributed by atoms with Crippen LogP contribution in [0.4, 0.5) is 0 Å². The molecule has 1 atom stereocenters. The van der Waals surface area contributed by atoms with E-state index >= 15 is 0 Å². The minimum atomic E-state index is -0.0399. The molecule has 2 rings (SSSR count). The highest BCUT2D eigenvalue weighted by molar-refractivity contribution is 9.10. The molecule has 3 heteroatoms. The summed E-state index contributed by atoms with van der Waals surface area (Å²) >= 11 is 3.53. The molecule has 106 valence electrons. The molecular formula is C17H20BrNO. The Hall–Kier alpha value is -1.32. The number of nitrogens with two attached hydrogens (primary N) is 1. The van der Waals surface area contributed by atoms with Crippen molar-refractivity contribution in [2.45, 2.75) is 26.3 Å². The Kier molecular flexibility index (Phi) is 4.84. The molecule has 20 heavy (non-hydrogen) atoms. The van der Waals surface area contributed by atoms with E-state index in [1.165, 1.54) is 11.1 Å². The van der Waals surface area contributed by atoms with Gasteiger partial charge in [-0.25, -0.2) is 0 Å². The lowest BCUT2D eigenvalue weighted by molar-refractivity contribution is 0.408. The van der Waals surface area contributed by atoms with Gasteiger partial charge < -0.3 is 10.5 Å². The zero-order valence-electron chi connectivity index (χ0n) is 12.1. The van der Waals surface area contributed by atoms with Gasteiger partial charge in [0, 0.05) is 10.5 Å². The van der Waals surface area contributed by atoms with Crippen molar-refractivity contribution in [1.82, 2.24) is 0 Å². The van der Waals surface area contributed by atoms with Crippen LogP contribution in [-0.4, -0.2) is 7.11 Å².